The zero-order valence-electron chi connectivity index (χ0n) is 24.1. The van der Waals surface area contributed by atoms with Gasteiger partial charge in [0.05, 0.1) is 23.0 Å². The molecule has 3 aromatic carbocycles. The zero-order chi connectivity index (χ0) is 30.6. The molecule has 0 heterocycles. The van der Waals surface area contributed by atoms with Gasteiger partial charge in [-0.05, 0) is 95.0 Å². The highest BCUT2D eigenvalue weighted by Crippen LogP contribution is 2.28. The average molecular weight is 568 g/mol. The van der Waals surface area contributed by atoms with Crippen LogP contribution in [0.15, 0.2) is 48.5 Å². The third kappa shape index (κ3) is 8.11. The van der Waals surface area contributed by atoms with Gasteiger partial charge >= 0.3 is 12.0 Å². The van der Waals surface area contributed by atoms with Crippen molar-refractivity contribution >= 4 is 29.3 Å². The van der Waals surface area contributed by atoms with E-state index in [-0.39, 0.29) is 11.3 Å². The number of urea groups is 1. The number of anilines is 2. The quantitative estimate of drug-likeness (QED) is 0.245. The Morgan fingerprint density at radius 1 is 0.854 bits per heavy atom. The van der Waals surface area contributed by atoms with Gasteiger partial charge in [0.25, 0.3) is 5.91 Å². The number of carboxylic acids is 1. The second kappa shape index (κ2) is 12.5. The van der Waals surface area contributed by atoms with Crippen LogP contribution in [-0.2, 0) is 9.53 Å². The Balaban J connectivity index is 1.99. The van der Waals surface area contributed by atoms with Crippen molar-refractivity contribution < 1.29 is 33.0 Å². The van der Waals surface area contributed by atoms with E-state index in [1.54, 1.807) is 20.8 Å². The number of halogens is 2. The van der Waals surface area contributed by atoms with Crippen molar-refractivity contribution in [1.29, 1.82) is 0 Å². The summed E-state index contributed by atoms with van der Waals surface area (Å²) >= 11 is 0. The standard InChI is InChI=1S/C31H35F2N3O5/c1-16-12-17(2)26(18(3)13-16)36-30(40)34-25-15-21(20-9-11-23(32)24(33)14-20)8-10-22(25)28(37)35-27(29(38)39)19(4)41-31(5,6)7/h8-15,19,27H,1-7H3,(H,35,37)(H,38,39)(H2,34,36,40)/t19-,27+/m1/s1. The van der Waals surface area contributed by atoms with Crippen molar-refractivity contribution in [2.45, 2.75) is 66.2 Å². The lowest BCUT2D eigenvalue weighted by atomic mass is 10.0. The second-order valence-electron chi connectivity index (χ2n) is 11.0. The summed E-state index contributed by atoms with van der Waals surface area (Å²) in [5.74, 6) is -4.15. The van der Waals surface area contributed by atoms with Crippen LogP contribution in [0.4, 0.5) is 25.0 Å². The number of benzene rings is 3. The lowest BCUT2D eigenvalue weighted by Crippen LogP contribution is -2.50. The number of aryl methyl sites for hydroxylation is 3. The van der Waals surface area contributed by atoms with Crippen molar-refractivity contribution in [1.82, 2.24) is 5.32 Å². The van der Waals surface area contributed by atoms with E-state index in [4.69, 9.17) is 4.74 Å². The number of rotatable bonds is 8. The van der Waals surface area contributed by atoms with Gasteiger partial charge in [-0.15, -0.1) is 0 Å². The van der Waals surface area contributed by atoms with Crippen LogP contribution in [0.2, 0.25) is 0 Å². The summed E-state index contributed by atoms with van der Waals surface area (Å²) in [4.78, 5) is 38.5. The molecule has 0 aromatic heterocycles. The fraction of sp³-hybridized carbons (Fsp3) is 0.323. The SMILES string of the molecule is Cc1cc(C)c(NC(=O)Nc2cc(-c3ccc(F)c(F)c3)ccc2C(=O)N[C@H](C(=O)O)[C@@H](C)OC(C)(C)C)c(C)c1. The first-order chi connectivity index (χ1) is 19.1. The molecule has 0 saturated heterocycles. The minimum Gasteiger partial charge on any atom is -0.480 e. The van der Waals surface area contributed by atoms with E-state index < -0.39 is 47.3 Å². The molecule has 2 atom stereocenters. The van der Waals surface area contributed by atoms with E-state index in [9.17, 15) is 28.3 Å². The minimum atomic E-state index is -1.40. The first-order valence-corrected chi connectivity index (χ1v) is 13.0. The van der Waals surface area contributed by atoms with E-state index >= 15 is 0 Å². The summed E-state index contributed by atoms with van der Waals surface area (Å²) in [5.41, 5.74) is 3.30. The number of carboxylic acid groups (broad SMARTS) is 1. The Kier molecular flexibility index (Phi) is 9.49. The number of amides is 3. The highest BCUT2D eigenvalue weighted by atomic mass is 19.2. The molecule has 3 amide bonds. The fourth-order valence-corrected chi connectivity index (χ4v) is 4.57. The molecule has 4 N–H and O–H groups in total. The van der Waals surface area contributed by atoms with Gasteiger partial charge < -0.3 is 25.8 Å². The van der Waals surface area contributed by atoms with Crippen LogP contribution in [0.1, 0.15) is 54.7 Å². The van der Waals surface area contributed by atoms with Gasteiger partial charge in [0, 0.05) is 5.69 Å². The normalized spacial score (nSPS) is 12.8. The lowest BCUT2D eigenvalue weighted by molar-refractivity contribution is -0.146. The molecule has 41 heavy (non-hydrogen) atoms. The Hall–Kier alpha value is -4.31. The third-order valence-electron chi connectivity index (χ3n) is 6.24. The Bertz CT molecular complexity index is 1460. The summed E-state index contributed by atoms with van der Waals surface area (Å²) < 4.78 is 33.2. The van der Waals surface area contributed by atoms with Crippen LogP contribution in [0.3, 0.4) is 0 Å². The number of hydrogen-bond donors (Lipinski definition) is 4. The van der Waals surface area contributed by atoms with E-state index in [2.05, 4.69) is 16.0 Å². The van der Waals surface area contributed by atoms with Crippen molar-refractivity contribution in [2.75, 3.05) is 10.6 Å². The molecule has 0 spiro atoms. The van der Waals surface area contributed by atoms with Gasteiger partial charge in [0.15, 0.2) is 17.7 Å². The van der Waals surface area contributed by atoms with Gasteiger partial charge in [0.2, 0.25) is 0 Å². The van der Waals surface area contributed by atoms with Gasteiger partial charge in [-0.2, -0.15) is 0 Å². The first-order valence-electron chi connectivity index (χ1n) is 13.0. The number of hydrogen-bond acceptors (Lipinski definition) is 4. The van der Waals surface area contributed by atoms with E-state index in [1.165, 1.54) is 31.2 Å². The summed E-state index contributed by atoms with van der Waals surface area (Å²) in [6, 6.07) is 9.41. The molecule has 0 fully saturated rings. The lowest BCUT2D eigenvalue weighted by Gasteiger charge is -2.29. The van der Waals surface area contributed by atoms with Crippen LogP contribution in [0.25, 0.3) is 11.1 Å². The number of carbonyl (C=O) groups excluding carboxylic acids is 2. The van der Waals surface area contributed by atoms with Crippen molar-refractivity contribution in [3.63, 3.8) is 0 Å². The van der Waals surface area contributed by atoms with E-state index in [0.717, 1.165) is 28.8 Å². The molecule has 10 heteroatoms. The molecule has 0 aliphatic heterocycles. The molecule has 0 saturated carbocycles. The molecular formula is C31H35F2N3O5. The maximum absolute atomic E-state index is 14.0. The molecule has 8 nitrogen and oxygen atoms in total. The average Bonchev–Trinajstić information content (AvgIpc) is 2.85. The summed E-state index contributed by atoms with van der Waals surface area (Å²) in [5, 5.41) is 17.7. The number of carbonyl (C=O) groups is 3. The Labute approximate surface area is 238 Å². The summed E-state index contributed by atoms with van der Waals surface area (Å²) in [6.07, 6.45) is -0.884. The highest BCUT2D eigenvalue weighted by Gasteiger charge is 2.31. The van der Waals surface area contributed by atoms with Crippen molar-refractivity contribution in [2.24, 2.45) is 0 Å². The van der Waals surface area contributed by atoms with E-state index in [0.29, 0.717) is 16.8 Å². The van der Waals surface area contributed by atoms with Gasteiger partial charge in [-0.1, -0.05) is 29.8 Å². The predicted molar refractivity (Wildman–Crippen MR) is 154 cm³/mol. The van der Waals surface area contributed by atoms with E-state index in [1.807, 2.05) is 32.9 Å². The molecule has 218 valence electrons. The van der Waals surface area contributed by atoms with Gasteiger partial charge in [-0.25, -0.2) is 18.4 Å². The first kappa shape index (κ1) is 31.2. The minimum absolute atomic E-state index is 0.0261. The van der Waals surface area contributed by atoms with Crippen LogP contribution in [0, 0.1) is 32.4 Å². The van der Waals surface area contributed by atoms with Crippen LogP contribution in [0.5, 0.6) is 0 Å². The summed E-state index contributed by atoms with van der Waals surface area (Å²) in [6.45, 7) is 12.5. The smallest absolute Gasteiger partial charge is 0.328 e. The van der Waals surface area contributed by atoms with Crippen LogP contribution in [-0.4, -0.2) is 40.8 Å². The molecule has 0 aliphatic carbocycles. The third-order valence-corrected chi connectivity index (χ3v) is 6.24. The Morgan fingerprint density at radius 2 is 1.44 bits per heavy atom. The summed E-state index contributed by atoms with van der Waals surface area (Å²) in [7, 11) is 0. The fourth-order valence-electron chi connectivity index (χ4n) is 4.57. The highest BCUT2D eigenvalue weighted by molar-refractivity contribution is 6.08. The maximum atomic E-state index is 14.0. The van der Waals surface area contributed by atoms with Crippen molar-refractivity contribution in [3.05, 3.63) is 82.4 Å². The van der Waals surface area contributed by atoms with Gasteiger partial charge in [-0.3, -0.25) is 4.79 Å². The molecule has 0 aliphatic rings. The maximum Gasteiger partial charge on any atom is 0.328 e. The zero-order valence-corrected chi connectivity index (χ0v) is 24.1. The molecule has 3 aromatic rings. The molecule has 0 unspecified atom stereocenters. The monoisotopic (exact) mass is 567 g/mol. The Morgan fingerprint density at radius 3 is 2.00 bits per heavy atom. The predicted octanol–water partition coefficient (Wildman–Crippen LogP) is 6.59. The van der Waals surface area contributed by atoms with Gasteiger partial charge in [0.1, 0.15) is 0 Å². The topological polar surface area (TPSA) is 117 Å². The number of nitrogens with one attached hydrogen (secondary N) is 3. The molecule has 0 bridgehead atoms. The number of aliphatic carboxylic acids is 1. The molecule has 3 rings (SSSR count). The van der Waals surface area contributed by atoms with Crippen molar-refractivity contribution in [3.8, 4) is 11.1 Å². The molecule has 0 radical (unpaired) electrons. The largest absolute Gasteiger partial charge is 0.480 e. The van der Waals surface area contributed by atoms with Crippen LogP contribution < -0.4 is 16.0 Å². The second-order valence-corrected chi connectivity index (χ2v) is 11.0. The molecular weight excluding hydrogens is 532 g/mol. The number of ether oxygens (including phenoxy) is 1. The van der Waals surface area contributed by atoms with Crippen LogP contribution >= 0.6 is 0 Å².